The zero-order valence-electron chi connectivity index (χ0n) is 16.8. The van der Waals surface area contributed by atoms with E-state index in [9.17, 15) is 14.0 Å². The molecule has 0 spiro atoms. The molecule has 0 fully saturated rings. The number of hydrogen-bond acceptors (Lipinski definition) is 4. The molecule has 1 heterocycles. The SMILES string of the molecule is O=c1[n-]c(=O)n(Cc2ccc(OCc3cccc(-c4c(Cl)cc(F)cc4Cl)c3)cc2)o1.[Na+]. The Kier molecular flexibility index (Phi) is 8.03. The van der Waals surface area contributed by atoms with Gasteiger partial charge >= 0.3 is 35.3 Å². The minimum absolute atomic E-state index is 0. The Balaban J connectivity index is 0.00000289. The van der Waals surface area contributed by atoms with Crippen molar-refractivity contribution in [3.63, 3.8) is 0 Å². The fourth-order valence-corrected chi connectivity index (χ4v) is 3.72. The third-order valence-electron chi connectivity index (χ3n) is 4.47. The van der Waals surface area contributed by atoms with Crippen molar-refractivity contribution in [2.75, 3.05) is 0 Å². The summed E-state index contributed by atoms with van der Waals surface area (Å²) < 4.78 is 24.8. The van der Waals surface area contributed by atoms with Crippen molar-refractivity contribution >= 4 is 23.2 Å². The van der Waals surface area contributed by atoms with Crippen LogP contribution < -0.4 is 50.7 Å². The van der Waals surface area contributed by atoms with E-state index in [-0.39, 0.29) is 52.8 Å². The largest absolute Gasteiger partial charge is 1.00 e. The number of hydrogen-bond donors (Lipinski definition) is 0. The van der Waals surface area contributed by atoms with Crippen molar-refractivity contribution in [3.05, 3.63) is 109 Å². The standard InChI is InChI=1S/C22H15Cl2FN2O4.Na/c23-18-9-16(25)10-19(24)20(18)15-3-1-2-14(8-15)12-30-17-6-4-13(5-7-17)11-27-21(28)26-22(29)31-27;/h1-10H,11-12H2,(H,26,28,29);/q;+1/p-1. The predicted molar refractivity (Wildman–Crippen MR) is 114 cm³/mol. The van der Waals surface area contributed by atoms with Crippen molar-refractivity contribution in [3.8, 4) is 16.9 Å². The van der Waals surface area contributed by atoms with Crippen LogP contribution in [0.1, 0.15) is 11.1 Å². The first kappa shape index (κ1) is 24.4. The maximum absolute atomic E-state index is 13.5. The molecule has 0 unspecified atom stereocenters. The van der Waals surface area contributed by atoms with Gasteiger partial charge in [-0.05, 0) is 47.0 Å². The fraction of sp³-hybridized carbons (Fsp3) is 0.0909. The van der Waals surface area contributed by atoms with Crippen LogP contribution in [0.4, 0.5) is 4.39 Å². The van der Waals surface area contributed by atoms with Gasteiger partial charge in [0.15, 0.2) is 5.69 Å². The molecule has 0 bridgehead atoms. The van der Waals surface area contributed by atoms with Crippen LogP contribution in [0.3, 0.4) is 0 Å². The van der Waals surface area contributed by atoms with Gasteiger partial charge in [0.05, 0.1) is 10.0 Å². The van der Waals surface area contributed by atoms with Gasteiger partial charge in [-0.1, -0.05) is 53.5 Å². The first-order valence-corrected chi connectivity index (χ1v) is 9.85. The maximum Gasteiger partial charge on any atom is 1.00 e. The molecular formula is C22H14Cl2FN2NaO4. The molecule has 0 N–H and O–H groups in total. The van der Waals surface area contributed by atoms with Crippen LogP contribution in [0.5, 0.6) is 5.75 Å². The number of halogens is 3. The average Bonchev–Trinajstić information content (AvgIpc) is 3.04. The van der Waals surface area contributed by atoms with Crippen LogP contribution in [0.2, 0.25) is 10.0 Å². The smallest absolute Gasteiger partial charge is 0.489 e. The number of ether oxygens (including phenoxy) is 1. The third kappa shape index (κ3) is 5.74. The number of nitrogens with zero attached hydrogens (tertiary/aromatic N) is 2. The van der Waals surface area contributed by atoms with E-state index < -0.39 is 17.3 Å². The molecule has 1 aromatic heterocycles. The van der Waals surface area contributed by atoms with E-state index in [1.54, 1.807) is 24.3 Å². The second kappa shape index (κ2) is 10.6. The molecule has 0 aliphatic heterocycles. The fourth-order valence-electron chi connectivity index (χ4n) is 3.05. The van der Waals surface area contributed by atoms with Crippen molar-refractivity contribution in [1.29, 1.82) is 0 Å². The zero-order chi connectivity index (χ0) is 22.0. The Morgan fingerprint density at radius 2 is 1.66 bits per heavy atom. The van der Waals surface area contributed by atoms with Gasteiger partial charge < -0.3 is 14.2 Å². The van der Waals surface area contributed by atoms with Crippen LogP contribution in [0, 0.1) is 5.82 Å². The molecule has 6 nitrogen and oxygen atoms in total. The molecule has 158 valence electrons. The third-order valence-corrected chi connectivity index (χ3v) is 5.06. The topological polar surface area (TPSA) is 75.5 Å². The molecule has 0 amide bonds. The summed E-state index contributed by atoms with van der Waals surface area (Å²) in [6, 6.07) is 16.9. The van der Waals surface area contributed by atoms with Gasteiger partial charge in [-0.15, -0.1) is 0 Å². The van der Waals surface area contributed by atoms with Gasteiger partial charge in [0.25, 0.3) is 0 Å². The van der Waals surface area contributed by atoms with Crippen molar-refractivity contribution in [2.45, 2.75) is 13.2 Å². The summed E-state index contributed by atoms with van der Waals surface area (Å²) >= 11 is 12.3. The summed E-state index contributed by atoms with van der Waals surface area (Å²) in [5, 5.41) is 0.460. The van der Waals surface area contributed by atoms with E-state index in [0.29, 0.717) is 11.3 Å². The summed E-state index contributed by atoms with van der Waals surface area (Å²) in [6.45, 7) is 0.375. The Morgan fingerprint density at radius 3 is 2.28 bits per heavy atom. The Hall–Kier alpha value is -2.29. The van der Waals surface area contributed by atoms with Gasteiger partial charge in [0.2, 0.25) is 0 Å². The van der Waals surface area contributed by atoms with E-state index in [2.05, 4.69) is 4.98 Å². The monoisotopic (exact) mass is 482 g/mol. The Bertz CT molecular complexity index is 1330. The predicted octanol–water partition coefficient (Wildman–Crippen LogP) is 1.50. The molecule has 4 aromatic rings. The molecule has 0 saturated carbocycles. The second-order valence-corrected chi connectivity index (χ2v) is 7.48. The van der Waals surface area contributed by atoms with Crippen LogP contribution in [-0.4, -0.2) is 4.74 Å². The van der Waals surface area contributed by atoms with Crippen molar-refractivity contribution in [2.24, 2.45) is 0 Å². The molecule has 32 heavy (non-hydrogen) atoms. The summed E-state index contributed by atoms with van der Waals surface area (Å²) in [4.78, 5) is 25.6. The van der Waals surface area contributed by atoms with Gasteiger partial charge in [-0.2, -0.15) is 0 Å². The minimum Gasteiger partial charge on any atom is -0.489 e. The van der Waals surface area contributed by atoms with Crippen LogP contribution in [0.15, 0.2) is 74.8 Å². The van der Waals surface area contributed by atoms with Gasteiger partial charge in [0, 0.05) is 12.1 Å². The van der Waals surface area contributed by atoms with Crippen LogP contribution >= 0.6 is 23.2 Å². The molecule has 3 aromatic carbocycles. The van der Waals surface area contributed by atoms with E-state index in [0.717, 1.165) is 21.4 Å². The summed E-state index contributed by atoms with van der Waals surface area (Å²) in [5.41, 5.74) is 2.19. The van der Waals surface area contributed by atoms with Crippen LogP contribution in [0.25, 0.3) is 11.1 Å². The quantitative estimate of drug-likeness (QED) is 0.389. The summed E-state index contributed by atoms with van der Waals surface area (Å²) in [7, 11) is 0. The molecular weight excluding hydrogens is 469 g/mol. The van der Waals surface area contributed by atoms with Crippen molar-refractivity contribution in [1.82, 2.24) is 9.72 Å². The first-order valence-electron chi connectivity index (χ1n) is 9.10. The maximum atomic E-state index is 13.5. The Morgan fingerprint density at radius 1 is 0.969 bits per heavy atom. The normalized spacial score (nSPS) is 10.6. The van der Waals surface area contributed by atoms with Gasteiger partial charge in [-0.25, -0.2) is 9.18 Å². The summed E-state index contributed by atoms with van der Waals surface area (Å²) in [6.07, 6.45) is 0. The molecule has 0 atom stereocenters. The number of benzene rings is 3. The minimum atomic E-state index is -0.921. The second-order valence-electron chi connectivity index (χ2n) is 6.67. The first-order chi connectivity index (χ1) is 14.9. The molecule has 0 saturated heterocycles. The zero-order valence-corrected chi connectivity index (χ0v) is 20.4. The molecule has 4 rings (SSSR count). The summed E-state index contributed by atoms with van der Waals surface area (Å²) in [5.74, 6) is -0.805. The van der Waals surface area contributed by atoms with E-state index in [1.165, 1.54) is 12.1 Å². The van der Waals surface area contributed by atoms with E-state index >= 15 is 0 Å². The van der Waals surface area contributed by atoms with Gasteiger partial charge in [0.1, 0.15) is 18.2 Å². The average molecular weight is 483 g/mol. The number of rotatable bonds is 6. The molecule has 0 radical (unpaired) electrons. The Labute approximate surface area is 213 Å². The molecule has 0 aliphatic carbocycles. The number of aromatic nitrogens is 2. The van der Waals surface area contributed by atoms with Crippen LogP contribution in [-0.2, 0) is 13.2 Å². The molecule has 10 heteroatoms. The van der Waals surface area contributed by atoms with E-state index in [1.807, 2.05) is 24.3 Å². The molecule has 0 aliphatic rings. The van der Waals surface area contributed by atoms with E-state index in [4.69, 9.17) is 32.5 Å². The van der Waals surface area contributed by atoms with Gasteiger partial charge in [-0.3, -0.25) is 9.53 Å². The van der Waals surface area contributed by atoms with Crippen molar-refractivity contribution < 1.29 is 43.2 Å².